The van der Waals surface area contributed by atoms with Crippen LogP contribution >= 0.6 is 0 Å². The maximum absolute atomic E-state index is 13.0. The van der Waals surface area contributed by atoms with Crippen molar-refractivity contribution < 1.29 is 4.79 Å². The van der Waals surface area contributed by atoms with E-state index >= 15 is 0 Å². The number of aromatic nitrogens is 3. The van der Waals surface area contributed by atoms with E-state index in [-0.39, 0.29) is 11.8 Å². The quantitative estimate of drug-likeness (QED) is 0.633. The Morgan fingerprint density at radius 3 is 2.77 bits per heavy atom. The first-order chi connectivity index (χ1) is 15.0. The van der Waals surface area contributed by atoms with Gasteiger partial charge in [-0.1, -0.05) is 29.8 Å². The zero-order valence-electron chi connectivity index (χ0n) is 18.5. The van der Waals surface area contributed by atoms with E-state index in [2.05, 4.69) is 30.1 Å². The minimum Gasteiger partial charge on any atom is -0.363 e. The van der Waals surface area contributed by atoms with Gasteiger partial charge in [0.05, 0.1) is 12.1 Å². The number of carbonyl (C=O) groups excluding carboxylic acids is 1. The summed E-state index contributed by atoms with van der Waals surface area (Å²) in [6, 6.07) is 14.1. The number of piperidine rings is 1. The fourth-order valence-corrected chi connectivity index (χ4v) is 4.07. The topological polar surface area (TPSA) is 62.2 Å². The molecule has 1 aliphatic rings. The third-order valence-corrected chi connectivity index (χ3v) is 5.74. The Hall–Kier alpha value is -3.28. The smallest absolute Gasteiger partial charge is 0.227 e. The van der Waals surface area contributed by atoms with Gasteiger partial charge in [-0.25, -0.2) is 9.97 Å². The number of benzene rings is 1. The van der Waals surface area contributed by atoms with Gasteiger partial charge >= 0.3 is 0 Å². The zero-order valence-corrected chi connectivity index (χ0v) is 18.5. The molecule has 1 fully saturated rings. The first-order valence-corrected chi connectivity index (χ1v) is 10.8. The molecule has 0 saturated carbocycles. The van der Waals surface area contributed by atoms with Crippen molar-refractivity contribution in [1.29, 1.82) is 0 Å². The molecule has 0 radical (unpaired) electrons. The Labute approximate surface area is 184 Å². The average Bonchev–Trinajstić information content (AvgIpc) is 2.79. The minimum atomic E-state index is 0.185. The van der Waals surface area contributed by atoms with Crippen LogP contribution in [0.5, 0.6) is 0 Å². The maximum atomic E-state index is 13.0. The number of hydrogen-bond donors (Lipinski definition) is 0. The summed E-state index contributed by atoms with van der Waals surface area (Å²) in [7, 11) is 3.97. The summed E-state index contributed by atoms with van der Waals surface area (Å²) in [4.78, 5) is 30.8. The fraction of sp³-hybridized carbons (Fsp3) is 0.360. The van der Waals surface area contributed by atoms with Crippen LogP contribution in [0.25, 0.3) is 11.4 Å². The fourth-order valence-electron chi connectivity index (χ4n) is 4.07. The average molecular weight is 416 g/mol. The van der Waals surface area contributed by atoms with Crippen LogP contribution < -0.4 is 4.90 Å². The molecular weight excluding hydrogens is 386 g/mol. The molecule has 3 heterocycles. The summed E-state index contributed by atoms with van der Waals surface area (Å²) in [5, 5.41) is 0. The van der Waals surface area contributed by atoms with Gasteiger partial charge in [-0.05, 0) is 37.5 Å². The summed E-state index contributed by atoms with van der Waals surface area (Å²) in [6.07, 6.45) is 5.98. The number of rotatable bonds is 5. The lowest BCUT2D eigenvalue weighted by Gasteiger charge is -2.33. The highest BCUT2D eigenvalue weighted by Crippen LogP contribution is 2.29. The number of nitrogens with zero attached hydrogens (tertiary/aromatic N) is 5. The second kappa shape index (κ2) is 9.25. The molecule has 6 nitrogen and oxygen atoms in total. The third kappa shape index (κ3) is 5.08. The van der Waals surface area contributed by atoms with Crippen LogP contribution in [-0.2, 0) is 11.2 Å². The van der Waals surface area contributed by atoms with Gasteiger partial charge in [-0.2, -0.15) is 0 Å². The summed E-state index contributed by atoms with van der Waals surface area (Å²) in [5.41, 5.74) is 4.14. The molecule has 6 heteroatoms. The molecule has 1 atom stereocenters. The van der Waals surface area contributed by atoms with Crippen LogP contribution in [0, 0.1) is 6.92 Å². The van der Waals surface area contributed by atoms with Crippen LogP contribution in [0.1, 0.15) is 35.6 Å². The lowest BCUT2D eigenvalue weighted by molar-refractivity contribution is -0.131. The summed E-state index contributed by atoms with van der Waals surface area (Å²) < 4.78 is 0. The Bertz CT molecular complexity index is 1050. The van der Waals surface area contributed by atoms with Crippen molar-refractivity contribution in [2.75, 3.05) is 32.1 Å². The SMILES string of the molecule is Cc1cccc(CC(=O)N2CCC[C@@H](c3cc(N(C)C)nc(-c4cccnc4)n3)C2)c1. The zero-order chi connectivity index (χ0) is 21.8. The normalized spacial score (nSPS) is 16.2. The Balaban J connectivity index is 1.56. The standard InChI is InChI=1S/C25H29N5O/c1-18-7-4-8-19(13-18)14-24(31)30-12-6-10-21(17-30)22-15-23(29(2)3)28-25(27-22)20-9-5-11-26-16-20/h4-5,7-9,11,13,15-16,21H,6,10,12,14,17H2,1-3H3/t21-/m1/s1. The lowest BCUT2D eigenvalue weighted by Crippen LogP contribution is -2.40. The van der Waals surface area contributed by atoms with E-state index in [0.29, 0.717) is 18.8 Å². The summed E-state index contributed by atoms with van der Waals surface area (Å²) in [5.74, 6) is 1.93. The van der Waals surface area contributed by atoms with Gasteiger partial charge in [0.2, 0.25) is 5.91 Å². The van der Waals surface area contributed by atoms with E-state index in [0.717, 1.165) is 42.0 Å². The van der Waals surface area contributed by atoms with Gasteiger partial charge < -0.3 is 9.80 Å². The molecule has 1 aromatic carbocycles. The van der Waals surface area contributed by atoms with E-state index in [4.69, 9.17) is 9.97 Å². The molecule has 3 aromatic rings. The van der Waals surface area contributed by atoms with E-state index in [1.54, 1.807) is 12.4 Å². The molecule has 0 spiro atoms. The first kappa shape index (κ1) is 21.0. The molecule has 1 amide bonds. The molecule has 0 N–H and O–H groups in total. The number of likely N-dealkylation sites (tertiary alicyclic amines) is 1. The number of amides is 1. The first-order valence-electron chi connectivity index (χ1n) is 10.8. The lowest BCUT2D eigenvalue weighted by atomic mass is 9.93. The van der Waals surface area contributed by atoms with E-state index in [1.165, 1.54) is 5.56 Å². The van der Waals surface area contributed by atoms with Crippen LogP contribution in [0.15, 0.2) is 54.9 Å². The highest BCUT2D eigenvalue weighted by atomic mass is 16.2. The minimum absolute atomic E-state index is 0.185. The predicted octanol–water partition coefficient (Wildman–Crippen LogP) is 3.86. The van der Waals surface area contributed by atoms with Crippen LogP contribution in [0.2, 0.25) is 0 Å². The van der Waals surface area contributed by atoms with Crippen LogP contribution in [0.3, 0.4) is 0 Å². The Kier molecular flexibility index (Phi) is 6.26. The van der Waals surface area contributed by atoms with Gasteiger partial charge in [0.15, 0.2) is 5.82 Å². The molecule has 0 aliphatic carbocycles. The molecule has 1 saturated heterocycles. The number of pyridine rings is 1. The van der Waals surface area contributed by atoms with Crippen molar-refractivity contribution in [2.45, 2.75) is 32.1 Å². The number of anilines is 1. The highest BCUT2D eigenvalue weighted by molar-refractivity contribution is 5.79. The highest BCUT2D eigenvalue weighted by Gasteiger charge is 2.27. The molecule has 31 heavy (non-hydrogen) atoms. The molecule has 0 bridgehead atoms. The number of carbonyl (C=O) groups is 1. The van der Waals surface area contributed by atoms with Gasteiger partial charge in [0.25, 0.3) is 0 Å². The third-order valence-electron chi connectivity index (χ3n) is 5.74. The van der Waals surface area contributed by atoms with Gasteiger partial charge in [0, 0.05) is 57.1 Å². The monoisotopic (exact) mass is 415 g/mol. The van der Waals surface area contributed by atoms with Gasteiger partial charge in [-0.15, -0.1) is 0 Å². The van der Waals surface area contributed by atoms with Crippen LogP contribution in [-0.4, -0.2) is 52.9 Å². The van der Waals surface area contributed by atoms with Crippen molar-refractivity contribution in [3.8, 4) is 11.4 Å². The Morgan fingerprint density at radius 1 is 1.16 bits per heavy atom. The van der Waals surface area contributed by atoms with Gasteiger partial charge in [-0.3, -0.25) is 9.78 Å². The number of aryl methyl sites for hydroxylation is 1. The maximum Gasteiger partial charge on any atom is 0.227 e. The van der Waals surface area contributed by atoms with E-state index in [9.17, 15) is 4.79 Å². The second-order valence-electron chi connectivity index (χ2n) is 8.46. The van der Waals surface area contributed by atoms with E-state index in [1.807, 2.05) is 48.2 Å². The van der Waals surface area contributed by atoms with Crippen molar-refractivity contribution in [3.63, 3.8) is 0 Å². The van der Waals surface area contributed by atoms with Crippen molar-refractivity contribution in [2.24, 2.45) is 0 Å². The van der Waals surface area contributed by atoms with E-state index < -0.39 is 0 Å². The second-order valence-corrected chi connectivity index (χ2v) is 8.46. The molecule has 4 rings (SSSR count). The molecule has 1 aliphatic heterocycles. The molecule has 2 aromatic heterocycles. The van der Waals surface area contributed by atoms with Gasteiger partial charge in [0.1, 0.15) is 5.82 Å². The largest absolute Gasteiger partial charge is 0.363 e. The molecule has 0 unspecified atom stereocenters. The number of hydrogen-bond acceptors (Lipinski definition) is 5. The molecular formula is C25H29N5O. The van der Waals surface area contributed by atoms with Crippen molar-refractivity contribution in [3.05, 3.63) is 71.7 Å². The van der Waals surface area contributed by atoms with Crippen molar-refractivity contribution in [1.82, 2.24) is 19.9 Å². The molecule has 160 valence electrons. The van der Waals surface area contributed by atoms with Crippen molar-refractivity contribution >= 4 is 11.7 Å². The van der Waals surface area contributed by atoms with Crippen LogP contribution in [0.4, 0.5) is 5.82 Å². The Morgan fingerprint density at radius 2 is 2.03 bits per heavy atom. The predicted molar refractivity (Wildman–Crippen MR) is 123 cm³/mol. The summed E-state index contributed by atoms with van der Waals surface area (Å²) >= 11 is 0. The summed E-state index contributed by atoms with van der Waals surface area (Å²) in [6.45, 7) is 3.56.